The van der Waals surface area contributed by atoms with Gasteiger partial charge in [0.05, 0.1) is 22.3 Å². The topological polar surface area (TPSA) is 39.1 Å². The quantitative estimate of drug-likeness (QED) is 0.916. The molecular weight excluding hydrogens is 258 g/mol. The second-order valence-electron chi connectivity index (χ2n) is 5.13. The maximum Gasteiger partial charge on any atom is 0.0992 e. The average molecular weight is 278 g/mol. The Kier molecular flexibility index (Phi) is 5.07. The number of benzene rings is 1. The van der Waals surface area contributed by atoms with Crippen LogP contribution < -0.4 is 5.32 Å². The first-order valence-electron chi connectivity index (χ1n) is 6.88. The highest BCUT2D eigenvalue weighted by molar-refractivity contribution is 6.33. The molecule has 19 heavy (non-hydrogen) atoms. The van der Waals surface area contributed by atoms with Gasteiger partial charge in [-0.25, -0.2) is 0 Å². The van der Waals surface area contributed by atoms with E-state index in [-0.39, 0.29) is 0 Å². The van der Waals surface area contributed by atoms with E-state index < -0.39 is 0 Å². The lowest BCUT2D eigenvalue weighted by Gasteiger charge is -2.32. The maximum atomic E-state index is 8.81. The van der Waals surface area contributed by atoms with Gasteiger partial charge in [-0.2, -0.15) is 5.26 Å². The molecule has 4 heteroatoms. The van der Waals surface area contributed by atoms with Crippen molar-refractivity contribution in [3.05, 3.63) is 28.8 Å². The van der Waals surface area contributed by atoms with Gasteiger partial charge in [0, 0.05) is 12.6 Å². The smallest absolute Gasteiger partial charge is 0.0992 e. The number of nitrogens with zero attached hydrogens (tertiary/aromatic N) is 2. The molecule has 1 aromatic carbocycles. The van der Waals surface area contributed by atoms with Gasteiger partial charge in [0.15, 0.2) is 0 Å². The Hall–Kier alpha value is -1.24. The summed E-state index contributed by atoms with van der Waals surface area (Å²) in [5, 5.41) is 12.8. The first-order valence-corrected chi connectivity index (χ1v) is 7.26. The first-order chi connectivity index (χ1) is 9.20. The van der Waals surface area contributed by atoms with Crippen LogP contribution in [0.3, 0.4) is 0 Å². The van der Waals surface area contributed by atoms with Crippen molar-refractivity contribution in [2.24, 2.45) is 0 Å². The van der Waals surface area contributed by atoms with Crippen LogP contribution in [0.15, 0.2) is 18.2 Å². The van der Waals surface area contributed by atoms with Crippen LogP contribution >= 0.6 is 11.6 Å². The summed E-state index contributed by atoms with van der Waals surface area (Å²) in [4.78, 5) is 2.52. The van der Waals surface area contributed by atoms with Crippen LogP contribution in [0.4, 0.5) is 5.69 Å². The lowest BCUT2D eigenvalue weighted by atomic mass is 10.1. The zero-order valence-electron chi connectivity index (χ0n) is 11.3. The molecule has 1 unspecified atom stereocenters. The Bertz CT molecular complexity index is 461. The fourth-order valence-corrected chi connectivity index (χ4v) is 2.72. The molecule has 0 amide bonds. The highest BCUT2D eigenvalue weighted by atomic mass is 35.5. The molecule has 0 saturated carbocycles. The maximum absolute atomic E-state index is 8.81. The molecule has 102 valence electrons. The van der Waals surface area contributed by atoms with E-state index in [1.807, 2.05) is 6.07 Å². The zero-order chi connectivity index (χ0) is 13.7. The molecule has 3 nitrogen and oxygen atoms in total. The summed E-state index contributed by atoms with van der Waals surface area (Å²) in [6, 6.07) is 7.97. The molecular formula is C15H20ClN3. The molecule has 0 bridgehead atoms. The number of hydrogen-bond donors (Lipinski definition) is 1. The number of anilines is 1. The van der Waals surface area contributed by atoms with Gasteiger partial charge in [-0.1, -0.05) is 18.0 Å². The van der Waals surface area contributed by atoms with Crippen molar-refractivity contribution in [3.8, 4) is 6.07 Å². The fraction of sp³-hybridized carbons (Fsp3) is 0.533. The average Bonchev–Trinajstić information content (AvgIpc) is 2.46. The van der Waals surface area contributed by atoms with Crippen LogP contribution in [-0.4, -0.2) is 30.6 Å². The number of hydrogen-bond acceptors (Lipinski definition) is 3. The van der Waals surface area contributed by atoms with E-state index in [1.165, 1.54) is 32.4 Å². The molecule has 1 aliphatic heterocycles. The van der Waals surface area contributed by atoms with Crippen molar-refractivity contribution in [1.82, 2.24) is 4.90 Å². The van der Waals surface area contributed by atoms with E-state index in [2.05, 4.69) is 23.2 Å². The summed E-state index contributed by atoms with van der Waals surface area (Å²) in [6.07, 6.45) is 3.97. The number of nitrogens with one attached hydrogen (secondary N) is 1. The van der Waals surface area contributed by atoms with E-state index in [9.17, 15) is 0 Å². The third-order valence-electron chi connectivity index (χ3n) is 3.70. The van der Waals surface area contributed by atoms with Crippen LogP contribution in [0.25, 0.3) is 0 Å². The normalized spacial score (nSPS) is 17.7. The van der Waals surface area contributed by atoms with Gasteiger partial charge in [0.25, 0.3) is 0 Å². The molecule has 1 atom stereocenters. The molecule has 1 heterocycles. The van der Waals surface area contributed by atoms with Crippen molar-refractivity contribution < 1.29 is 0 Å². The second kappa shape index (κ2) is 6.79. The van der Waals surface area contributed by atoms with E-state index in [0.29, 0.717) is 16.6 Å². The molecule has 0 radical (unpaired) electrons. The van der Waals surface area contributed by atoms with Crippen molar-refractivity contribution in [2.75, 3.05) is 25.0 Å². The van der Waals surface area contributed by atoms with Gasteiger partial charge in [-0.05, 0) is 51.1 Å². The van der Waals surface area contributed by atoms with Gasteiger partial charge in [-0.3, -0.25) is 4.90 Å². The third kappa shape index (κ3) is 3.86. The molecule has 2 rings (SSSR count). The SMILES string of the molecule is CC(CNc1ccc(C#N)cc1Cl)N1CCCCC1. The Balaban J connectivity index is 1.89. The minimum atomic E-state index is 0.506. The van der Waals surface area contributed by atoms with E-state index in [0.717, 1.165) is 12.2 Å². The second-order valence-corrected chi connectivity index (χ2v) is 5.54. The number of piperidine rings is 1. The minimum Gasteiger partial charge on any atom is -0.382 e. The number of rotatable bonds is 4. The molecule has 1 fully saturated rings. The van der Waals surface area contributed by atoms with Crippen LogP contribution in [0.2, 0.25) is 5.02 Å². The molecule has 0 aliphatic carbocycles. The highest BCUT2D eigenvalue weighted by Gasteiger charge is 2.16. The molecule has 1 saturated heterocycles. The summed E-state index contributed by atoms with van der Waals surface area (Å²) in [5.74, 6) is 0. The first kappa shape index (κ1) is 14.2. The largest absolute Gasteiger partial charge is 0.382 e. The Labute approximate surface area is 120 Å². The van der Waals surface area contributed by atoms with Crippen LogP contribution in [0.5, 0.6) is 0 Å². The summed E-state index contributed by atoms with van der Waals surface area (Å²) in [6.45, 7) is 5.52. The van der Waals surface area contributed by atoms with Crippen molar-refractivity contribution in [1.29, 1.82) is 5.26 Å². The number of halogens is 1. The lowest BCUT2D eigenvalue weighted by Crippen LogP contribution is -2.41. The fourth-order valence-electron chi connectivity index (χ4n) is 2.47. The van der Waals surface area contributed by atoms with Crippen LogP contribution in [0, 0.1) is 11.3 Å². The van der Waals surface area contributed by atoms with Crippen molar-refractivity contribution in [2.45, 2.75) is 32.2 Å². The predicted molar refractivity (Wildman–Crippen MR) is 79.5 cm³/mol. The predicted octanol–water partition coefficient (Wildman–Crippen LogP) is 3.50. The van der Waals surface area contributed by atoms with Crippen molar-refractivity contribution >= 4 is 17.3 Å². The number of nitriles is 1. The van der Waals surface area contributed by atoms with Gasteiger partial charge < -0.3 is 5.32 Å². The molecule has 1 aromatic rings. The van der Waals surface area contributed by atoms with Crippen molar-refractivity contribution in [3.63, 3.8) is 0 Å². The third-order valence-corrected chi connectivity index (χ3v) is 4.01. The van der Waals surface area contributed by atoms with Crippen LogP contribution in [0.1, 0.15) is 31.7 Å². The standard InChI is InChI=1S/C15H20ClN3/c1-12(19-7-3-2-4-8-19)11-18-15-6-5-13(10-17)9-14(15)16/h5-6,9,12,18H,2-4,7-8,11H2,1H3. The Morgan fingerprint density at radius 1 is 1.37 bits per heavy atom. The summed E-state index contributed by atoms with van der Waals surface area (Å²) in [7, 11) is 0. The monoisotopic (exact) mass is 277 g/mol. The van der Waals surface area contributed by atoms with Crippen LogP contribution in [-0.2, 0) is 0 Å². The highest BCUT2D eigenvalue weighted by Crippen LogP contribution is 2.23. The summed E-state index contributed by atoms with van der Waals surface area (Å²) >= 11 is 6.15. The summed E-state index contributed by atoms with van der Waals surface area (Å²) < 4.78 is 0. The summed E-state index contributed by atoms with van der Waals surface area (Å²) in [5.41, 5.74) is 1.50. The molecule has 1 aliphatic rings. The minimum absolute atomic E-state index is 0.506. The van der Waals surface area contributed by atoms with E-state index in [4.69, 9.17) is 16.9 Å². The molecule has 0 spiro atoms. The van der Waals surface area contributed by atoms with Gasteiger partial charge in [0.1, 0.15) is 0 Å². The van der Waals surface area contributed by atoms with E-state index in [1.54, 1.807) is 12.1 Å². The zero-order valence-corrected chi connectivity index (χ0v) is 12.1. The Morgan fingerprint density at radius 2 is 2.11 bits per heavy atom. The lowest BCUT2D eigenvalue weighted by molar-refractivity contribution is 0.180. The van der Waals surface area contributed by atoms with Gasteiger partial charge in [-0.15, -0.1) is 0 Å². The molecule has 1 N–H and O–H groups in total. The van der Waals surface area contributed by atoms with Gasteiger partial charge >= 0.3 is 0 Å². The number of likely N-dealkylation sites (tertiary alicyclic amines) is 1. The van der Waals surface area contributed by atoms with Gasteiger partial charge in [0.2, 0.25) is 0 Å². The molecule has 0 aromatic heterocycles. The Morgan fingerprint density at radius 3 is 2.74 bits per heavy atom. The van der Waals surface area contributed by atoms with E-state index >= 15 is 0 Å².